The van der Waals surface area contributed by atoms with Crippen LogP contribution in [0.4, 0.5) is 4.39 Å². The van der Waals surface area contributed by atoms with Crippen LogP contribution in [0, 0.1) is 5.82 Å². The Morgan fingerprint density at radius 1 is 1.35 bits per heavy atom. The van der Waals surface area contributed by atoms with Crippen molar-refractivity contribution < 1.29 is 4.39 Å². The summed E-state index contributed by atoms with van der Waals surface area (Å²) in [5.74, 6) is -0.159. The van der Waals surface area contributed by atoms with Gasteiger partial charge in [0.1, 0.15) is 5.82 Å². The smallest absolute Gasteiger partial charge is 0.123 e. The molecule has 1 aliphatic rings. The van der Waals surface area contributed by atoms with Gasteiger partial charge in [0.2, 0.25) is 0 Å². The van der Waals surface area contributed by atoms with Gasteiger partial charge in [-0.1, -0.05) is 12.1 Å². The van der Waals surface area contributed by atoms with Crippen LogP contribution in [-0.2, 0) is 6.42 Å². The third kappa shape index (κ3) is 3.05. The van der Waals surface area contributed by atoms with Gasteiger partial charge < -0.3 is 10.2 Å². The fourth-order valence-electron chi connectivity index (χ4n) is 2.79. The quantitative estimate of drug-likeness (QED) is 0.864. The summed E-state index contributed by atoms with van der Waals surface area (Å²) in [7, 11) is 4.19. The summed E-state index contributed by atoms with van der Waals surface area (Å²) >= 11 is 0. The van der Waals surface area contributed by atoms with E-state index in [0.717, 1.165) is 13.0 Å². The van der Waals surface area contributed by atoms with Crippen LogP contribution in [0.1, 0.15) is 18.4 Å². The molecule has 1 heterocycles. The number of likely N-dealkylation sites (tertiary alicyclic amines) is 1. The Bertz CT molecular complexity index is 363. The van der Waals surface area contributed by atoms with Gasteiger partial charge in [0.15, 0.2) is 0 Å². The molecule has 1 aromatic carbocycles. The largest absolute Gasteiger partial charge is 0.313 e. The average molecular weight is 236 g/mol. The summed E-state index contributed by atoms with van der Waals surface area (Å²) in [6.45, 7) is 2.23. The third-order valence-electron chi connectivity index (χ3n) is 3.75. The van der Waals surface area contributed by atoms with E-state index in [1.165, 1.54) is 24.9 Å². The maximum atomic E-state index is 12.9. The zero-order valence-electron chi connectivity index (χ0n) is 10.7. The second-order valence-corrected chi connectivity index (χ2v) is 5.17. The first kappa shape index (κ1) is 12.5. The molecule has 0 bridgehead atoms. The van der Waals surface area contributed by atoms with Crippen LogP contribution in [-0.4, -0.2) is 37.6 Å². The van der Waals surface area contributed by atoms with E-state index >= 15 is 0 Å². The van der Waals surface area contributed by atoms with Gasteiger partial charge >= 0.3 is 0 Å². The second-order valence-electron chi connectivity index (χ2n) is 5.17. The molecule has 0 amide bonds. The van der Waals surface area contributed by atoms with E-state index < -0.39 is 0 Å². The van der Waals surface area contributed by atoms with Crippen molar-refractivity contribution in [1.82, 2.24) is 10.2 Å². The van der Waals surface area contributed by atoms with E-state index in [1.54, 1.807) is 12.1 Å². The fraction of sp³-hybridized carbons (Fsp3) is 0.571. The number of rotatable bonds is 3. The van der Waals surface area contributed by atoms with Gasteiger partial charge in [-0.25, -0.2) is 4.39 Å². The molecular formula is C14H21FN2. The van der Waals surface area contributed by atoms with Gasteiger partial charge in [-0.15, -0.1) is 0 Å². The molecule has 2 nitrogen and oxygen atoms in total. The van der Waals surface area contributed by atoms with E-state index in [0.29, 0.717) is 0 Å². The maximum Gasteiger partial charge on any atom is 0.123 e. The molecule has 0 aromatic heterocycles. The van der Waals surface area contributed by atoms with Crippen molar-refractivity contribution in [3.63, 3.8) is 0 Å². The number of hydrogen-bond acceptors (Lipinski definition) is 2. The Hall–Kier alpha value is -0.930. The van der Waals surface area contributed by atoms with Crippen molar-refractivity contribution in [3.05, 3.63) is 35.6 Å². The number of piperidine rings is 1. The average Bonchev–Trinajstić information content (AvgIpc) is 2.32. The minimum atomic E-state index is -0.159. The zero-order chi connectivity index (χ0) is 12.3. The fourth-order valence-corrected chi connectivity index (χ4v) is 2.79. The lowest BCUT2D eigenvalue weighted by Gasteiger charge is -2.41. The lowest BCUT2D eigenvalue weighted by atomic mass is 9.83. The van der Waals surface area contributed by atoms with Crippen molar-refractivity contribution >= 4 is 0 Å². The van der Waals surface area contributed by atoms with Crippen LogP contribution < -0.4 is 5.32 Å². The Labute approximate surface area is 103 Å². The summed E-state index contributed by atoms with van der Waals surface area (Å²) in [5, 5.41) is 3.48. The highest BCUT2D eigenvalue weighted by Gasteiger charge is 2.32. The molecule has 0 spiro atoms. The molecule has 0 saturated carbocycles. The second kappa shape index (κ2) is 5.15. The molecule has 1 aromatic rings. The van der Waals surface area contributed by atoms with Crippen LogP contribution in [0.15, 0.2) is 24.3 Å². The molecule has 1 unspecified atom stereocenters. The zero-order valence-corrected chi connectivity index (χ0v) is 10.7. The minimum Gasteiger partial charge on any atom is -0.313 e. The lowest BCUT2D eigenvalue weighted by Crippen LogP contribution is -2.56. The number of likely N-dealkylation sites (N-methyl/N-ethyl adjacent to an activating group) is 2. The van der Waals surface area contributed by atoms with Gasteiger partial charge in [-0.3, -0.25) is 0 Å². The maximum absolute atomic E-state index is 12.9. The number of benzene rings is 1. The normalized spacial score (nSPS) is 26.1. The van der Waals surface area contributed by atoms with Crippen LogP contribution in [0.3, 0.4) is 0 Å². The van der Waals surface area contributed by atoms with Crippen molar-refractivity contribution in [3.8, 4) is 0 Å². The van der Waals surface area contributed by atoms with Gasteiger partial charge in [-0.2, -0.15) is 0 Å². The molecule has 1 atom stereocenters. The monoisotopic (exact) mass is 236 g/mol. The van der Waals surface area contributed by atoms with E-state index in [2.05, 4.69) is 17.3 Å². The highest BCUT2D eigenvalue weighted by Crippen LogP contribution is 2.24. The standard InChI is InChI=1S/C14H21FN2/c1-16-14(8-3-9-17(2)11-14)10-12-4-6-13(15)7-5-12/h4-7,16H,3,8-11H2,1-2H3. The van der Waals surface area contributed by atoms with Crippen LogP contribution in [0.25, 0.3) is 0 Å². The number of hydrogen-bond donors (Lipinski definition) is 1. The van der Waals surface area contributed by atoms with Crippen LogP contribution in [0.5, 0.6) is 0 Å². The predicted octanol–water partition coefficient (Wildman–Crippen LogP) is 2.05. The molecule has 0 aliphatic carbocycles. The Kier molecular flexibility index (Phi) is 3.79. The van der Waals surface area contributed by atoms with Crippen LogP contribution in [0.2, 0.25) is 0 Å². The van der Waals surface area contributed by atoms with E-state index in [1.807, 2.05) is 19.2 Å². The topological polar surface area (TPSA) is 15.3 Å². The summed E-state index contributed by atoms with van der Waals surface area (Å²) in [6, 6.07) is 6.88. The summed E-state index contributed by atoms with van der Waals surface area (Å²) < 4.78 is 12.9. The first-order chi connectivity index (χ1) is 8.13. The van der Waals surface area contributed by atoms with Gasteiger partial charge in [-0.05, 0) is 57.6 Å². The van der Waals surface area contributed by atoms with Crippen molar-refractivity contribution in [1.29, 1.82) is 0 Å². The molecule has 0 radical (unpaired) electrons. The molecule has 17 heavy (non-hydrogen) atoms. The lowest BCUT2D eigenvalue weighted by molar-refractivity contribution is 0.151. The molecule has 94 valence electrons. The molecule has 3 heteroatoms. The van der Waals surface area contributed by atoms with Gasteiger partial charge in [0.05, 0.1) is 0 Å². The first-order valence-corrected chi connectivity index (χ1v) is 6.25. The SMILES string of the molecule is CNC1(Cc2ccc(F)cc2)CCCN(C)C1. The number of nitrogens with zero attached hydrogens (tertiary/aromatic N) is 1. The molecule has 1 saturated heterocycles. The van der Waals surface area contributed by atoms with Crippen LogP contribution >= 0.6 is 0 Å². The minimum absolute atomic E-state index is 0.144. The number of nitrogens with one attached hydrogen (secondary N) is 1. The summed E-state index contributed by atoms with van der Waals surface area (Å²) in [6.07, 6.45) is 3.37. The Morgan fingerprint density at radius 3 is 2.65 bits per heavy atom. The van der Waals surface area contributed by atoms with Crippen molar-refractivity contribution in [2.75, 3.05) is 27.2 Å². The van der Waals surface area contributed by atoms with E-state index in [9.17, 15) is 4.39 Å². The third-order valence-corrected chi connectivity index (χ3v) is 3.75. The number of halogens is 1. The Morgan fingerprint density at radius 2 is 2.06 bits per heavy atom. The summed E-state index contributed by atoms with van der Waals surface area (Å²) in [4.78, 5) is 2.36. The highest BCUT2D eigenvalue weighted by atomic mass is 19.1. The molecule has 1 fully saturated rings. The first-order valence-electron chi connectivity index (χ1n) is 6.25. The van der Waals surface area contributed by atoms with E-state index in [-0.39, 0.29) is 11.4 Å². The van der Waals surface area contributed by atoms with Gasteiger partial charge in [0.25, 0.3) is 0 Å². The van der Waals surface area contributed by atoms with Crippen molar-refractivity contribution in [2.24, 2.45) is 0 Å². The van der Waals surface area contributed by atoms with Gasteiger partial charge in [0, 0.05) is 12.1 Å². The molecule has 1 N–H and O–H groups in total. The highest BCUT2D eigenvalue weighted by molar-refractivity contribution is 5.19. The molecular weight excluding hydrogens is 215 g/mol. The molecule has 1 aliphatic heterocycles. The summed E-state index contributed by atoms with van der Waals surface area (Å²) in [5.41, 5.74) is 1.35. The van der Waals surface area contributed by atoms with Crippen molar-refractivity contribution in [2.45, 2.75) is 24.8 Å². The predicted molar refractivity (Wildman–Crippen MR) is 68.6 cm³/mol. The Balaban J connectivity index is 2.10. The van der Waals surface area contributed by atoms with E-state index in [4.69, 9.17) is 0 Å². The molecule has 2 rings (SSSR count).